The lowest BCUT2D eigenvalue weighted by molar-refractivity contribution is 0.0264. The van der Waals surface area contributed by atoms with Crippen molar-refractivity contribution in [2.75, 3.05) is 25.5 Å². The predicted molar refractivity (Wildman–Crippen MR) is 83.7 cm³/mol. The minimum absolute atomic E-state index is 0.0407. The molecular formula is C15H24N2O3S. The van der Waals surface area contributed by atoms with Gasteiger partial charge in [0.05, 0.1) is 4.90 Å². The maximum absolute atomic E-state index is 12.6. The van der Waals surface area contributed by atoms with E-state index in [1.807, 2.05) is 0 Å². The van der Waals surface area contributed by atoms with Gasteiger partial charge in [-0.2, -0.15) is 0 Å². The predicted octanol–water partition coefficient (Wildman–Crippen LogP) is 1.98. The zero-order valence-electron chi connectivity index (χ0n) is 12.9. The van der Waals surface area contributed by atoms with Crippen LogP contribution in [0.1, 0.15) is 30.9 Å². The van der Waals surface area contributed by atoms with Gasteiger partial charge in [0.25, 0.3) is 0 Å². The highest BCUT2D eigenvalue weighted by molar-refractivity contribution is 7.89. The number of hydrogen-bond donors (Lipinski definition) is 2. The van der Waals surface area contributed by atoms with Crippen molar-refractivity contribution in [1.29, 1.82) is 0 Å². The lowest BCUT2D eigenvalue weighted by Gasteiger charge is -2.33. The number of anilines is 1. The van der Waals surface area contributed by atoms with Gasteiger partial charge in [0.15, 0.2) is 0 Å². The third kappa shape index (κ3) is 3.75. The molecule has 1 heterocycles. The van der Waals surface area contributed by atoms with E-state index in [0.29, 0.717) is 41.5 Å². The zero-order valence-corrected chi connectivity index (χ0v) is 13.7. The van der Waals surface area contributed by atoms with Gasteiger partial charge in [0.2, 0.25) is 10.0 Å². The largest absolute Gasteiger partial charge is 0.399 e. The first-order valence-electron chi connectivity index (χ1n) is 7.18. The number of hydrogen-bond acceptors (Lipinski definition) is 4. The second-order valence-electron chi connectivity index (χ2n) is 6.23. The van der Waals surface area contributed by atoms with Gasteiger partial charge in [-0.25, -0.2) is 13.1 Å². The summed E-state index contributed by atoms with van der Waals surface area (Å²) in [5.41, 5.74) is 7.65. The van der Waals surface area contributed by atoms with Crippen LogP contribution >= 0.6 is 0 Å². The third-order valence-corrected chi connectivity index (χ3v) is 5.85. The summed E-state index contributed by atoms with van der Waals surface area (Å²) in [4.78, 5) is 0.340. The normalized spacial score (nSPS) is 18.6. The van der Waals surface area contributed by atoms with Gasteiger partial charge in [0, 0.05) is 25.4 Å². The number of nitrogens with two attached hydrogens (primary N) is 1. The summed E-state index contributed by atoms with van der Waals surface area (Å²) in [5, 5.41) is 0. The molecule has 3 N–H and O–H groups in total. The van der Waals surface area contributed by atoms with Crippen molar-refractivity contribution in [1.82, 2.24) is 4.72 Å². The maximum atomic E-state index is 12.6. The number of nitrogen functional groups attached to an aromatic ring is 1. The lowest BCUT2D eigenvalue weighted by Crippen LogP contribution is -2.39. The van der Waals surface area contributed by atoms with Gasteiger partial charge < -0.3 is 10.5 Å². The molecule has 0 radical (unpaired) electrons. The summed E-state index contributed by atoms with van der Waals surface area (Å²) >= 11 is 0. The van der Waals surface area contributed by atoms with Gasteiger partial charge in [0.1, 0.15) is 0 Å². The topological polar surface area (TPSA) is 81.4 Å². The standard InChI is InChI=1S/C15H24N2O3S/c1-11-8-13(16)9-12(2)14(11)21(18,19)17-10-15(3)4-6-20-7-5-15/h8-9,17H,4-7,10,16H2,1-3H3. The quantitative estimate of drug-likeness (QED) is 0.833. The minimum atomic E-state index is -3.52. The van der Waals surface area contributed by atoms with Gasteiger partial charge >= 0.3 is 0 Å². The van der Waals surface area contributed by atoms with E-state index >= 15 is 0 Å². The molecule has 1 fully saturated rings. The number of aryl methyl sites for hydroxylation is 2. The molecule has 1 aromatic carbocycles. The average Bonchev–Trinajstić information content (AvgIpc) is 2.36. The first kappa shape index (κ1) is 16.3. The Hall–Kier alpha value is -1.11. The molecule has 1 saturated heterocycles. The van der Waals surface area contributed by atoms with Gasteiger partial charge in [-0.05, 0) is 55.4 Å². The Bertz CT molecular complexity index is 597. The Morgan fingerprint density at radius 3 is 2.29 bits per heavy atom. The fraction of sp³-hybridized carbons (Fsp3) is 0.600. The molecule has 118 valence electrons. The molecule has 1 aliphatic rings. The van der Waals surface area contributed by atoms with Crippen LogP contribution in [-0.4, -0.2) is 28.2 Å². The van der Waals surface area contributed by atoms with E-state index in [1.54, 1.807) is 26.0 Å². The first-order chi connectivity index (χ1) is 9.73. The third-order valence-electron chi connectivity index (χ3n) is 4.14. The van der Waals surface area contributed by atoms with Gasteiger partial charge in [-0.1, -0.05) is 6.92 Å². The molecule has 0 aliphatic carbocycles. The number of rotatable bonds is 4. The number of nitrogens with one attached hydrogen (secondary N) is 1. The van der Waals surface area contributed by atoms with Crippen LogP contribution in [-0.2, 0) is 14.8 Å². The fourth-order valence-electron chi connectivity index (χ4n) is 2.79. The first-order valence-corrected chi connectivity index (χ1v) is 8.66. The SMILES string of the molecule is Cc1cc(N)cc(C)c1S(=O)(=O)NCC1(C)CCOCC1. The summed E-state index contributed by atoms with van der Waals surface area (Å²) in [7, 11) is -3.52. The smallest absolute Gasteiger partial charge is 0.241 e. The van der Waals surface area contributed by atoms with Crippen LogP contribution in [0.3, 0.4) is 0 Å². The molecule has 0 spiro atoms. The molecule has 21 heavy (non-hydrogen) atoms. The van der Waals surface area contributed by atoms with Crippen molar-refractivity contribution >= 4 is 15.7 Å². The Kier molecular flexibility index (Phi) is 4.60. The Morgan fingerprint density at radius 2 is 1.76 bits per heavy atom. The molecule has 0 aromatic heterocycles. The second-order valence-corrected chi connectivity index (χ2v) is 7.94. The van der Waals surface area contributed by atoms with Crippen LogP contribution in [0.5, 0.6) is 0 Å². The second kappa shape index (κ2) is 5.94. The molecule has 0 atom stereocenters. The summed E-state index contributed by atoms with van der Waals surface area (Å²) in [6.45, 7) is 7.46. The van der Waals surface area contributed by atoms with E-state index in [2.05, 4.69) is 11.6 Å². The number of benzene rings is 1. The van der Waals surface area contributed by atoms with Gasteiger partial charge in [-0.3, -0.25) is 0 Å². The zero-order chi connectivity index (χ0) is 15.7. The van der Waals surface area contributed by atoms with E-state index in [1.165, 1.54) is 0 Å². The summed E-state index contributed by atoms with van der Waals surface area (Å²) in [6, 6.07) is 3.38. The monoisotopic (exact) mass is 312 g/mol. The van der Waals surface area contributed by atoms with E-state index in [4.69, 9.17) is 10.5 Å². The van der Waals surface area contributed by atoms with Crippen molar-refractivity contribution < 1.29 is 13.2 Å². The van der Waals surface area contributed by atoms with Gasteiger partial charge in [-0.15, -0.1) is 0 Å². The molecule has 0 unspecified atom stereocenters. The molecule has 0 saturated carbocycles. The van der Waals surface area contributed by atoms with Crippen molar-refractivity contribution in [2.24, 2.45) is 5.41 Å². The minimum Gasteiger partial charge on any atom is -0.399 e. The van der Waals surface area contributed by atoms with Crippen LogP contribution < -0.4 is 10.5 Å². The summed E-state index contributed by atoms with van der Waals surface area (Å²) in [5.74, 6) is 0. The fourth-order valence-corrected chi connectivity index (χ4v) is 4.44. The molecule has 1 aromatic rings. The molecule has 0 amide bonds. The number of ether oxygens (including phenoxy) is 1. The van der Waals surface area contributed by atoms with Crippen LogP contribution in [0.15, 0.2) is 17.0 Å². The molecule has 6 heteroatoms. The van der Waals surface area contributed by atoms with Crippen molar-refractivity contribution in [2.45, 2.75) is 38.5 Å². The summed E-state index contributed by atoms with van der Waals surface area (Å²) in [6.07, 6.45) is 1.74. The van der Waals surface area contributed by atoms with E-state index in [9.17, 15) is 8.42 Å². The van der Waals surface area contributed by atoms with Crippen LogP contribution in [0.25, 0.3) is 0 Å². The average molecular weight is 312 g/mol. The molecular weight excluding hydrogens is 288 g/mol. The van der Waals surface area contributed by atoms with Crippen LogP contribution in [0, 0.1) is 19.3 Å². The van der Waals surface area contributed by atoms with Crippen LogP contribution in [0.2, 0.25) is 0 Å². The van der Waals surface area contributed by atoms with Crippen molar-refractivity contribution in [3.8, 4) is 0 Å². The molecule has 2 rings (SSSR count). The molecule has 1 aliphatic heterocycles. The Labute approximate surface area is 126 Å². The highest BCUT2D eigenvalue weighted by atomic mass is 32.2. The lowest BCUT2D eigenvalue weighted by atomic mass is 9.83. The van der Waals surface area contributed by atoms with Crippen molar-refractivity contribution in [3.05, 3.63) is 23.3 Å². The summed E-state index contributed by atoms with van der Waals surface area (Å²) < 4.78 is 33.3. The highest BCUT2D eigenvalue weighted by Gasteiger charge is 2.30. The van der Waals surface area contributed by atoms with E-state index in [0.717, 1.165) is 12.8 Å². The van der Waals surface area contributed by atoms with E-state index in [-0.39, 0.29) is 5.41 Å². The molecule has 5 nitrogen and oxygen atoms in total. The van der Waals surface area contributed by atoms with E-state index < -0.39 is 10.0 Å². The maximum Gasteiger partial charge on any atom is 0.241 e. The van der Waals surface area contributed by atoms with Crippen molar-refractivity contribution in [3.63, 3.8) is 0 Å². The Morgan fingerprint density at radius 1 is 1.24 bits per heavy atom. The highest BCUT2D eigenvalue weighted by Crippen LogP contribution is 2.30. The Balaban J connectivity index is 2.19. The number of sulfonamides is 1. The molecule has 0 bridgehead atoms. The van der Waals surface area contributed by atoms with Crippen LogP contribution in [0.4, 0.5) is 5.69 Å².